The summed E-state index contributed by atoms with van der Waals surface area (Å²) in [5, 5.41) is 10.4. The first-order chi connectivity index (χ1) is 15.2. The molecule has 0 bridgehead atoms. The Labute approximate surface area is 186 Å². The molecule has 0 radical (unpaired) electrons. The number of rotatable bonds is 4. The Morgan fingerprint density at radius 2 is 1.72 bits per heavy atom. The van der Waals surface area contributed by atoms with E-state index >= 15 is 0 Å². The van der Waals surface area contributed by atoms with E-state index in [0.29, 0.717) is 35.4 Å². The van der Waals surface area contributed by atoms with Gasteiger partial charge >= 0.3 is 6.09 Å². The van der Waals surface area contributed by atoms with E-state index in [9.17, 15) is 14.7 Å². The van der Waals surface area contributed by atoms with Gasteiger partial charge in [-0.1, -0.05) is 0 Å². The van der Waals surface area contributed by atoms with Crippen LogP contribution >= 0.6 is 0 Å². The highest BCUT2D eigenvalue weighted by atomic mass is 16.6. The van der Waals surface area contributed by atoms with Crippen molar-refractivity contribution in [3.05, 3.63) is 59.8 Å². The molecule has 1 aliphatic heterocycles. The fraction of sp³-hybridized carbons (Fsp3) is 0.360. The molecule has 0 unspecified atom stereocenters. The number of ether oxygens (including phenoxy) is 3. The quantitative estimate of drug-likeness (QED) is 0.583. The lowest BCUT2D eigenvalue weighted by Gasteiger charge is -2.23. The van der Waals surface area contributed by atoms with Crippen molar-refractivity contribution in [2.45, 2.75) is 45.3 Å². The Balaban J connectivity index is 1.65. The topological polar surface area (TPSA) is 87.0 Å². The van der Waals surface area contributed by atoms with E-state index in [1.807, 2.05) is 0 Å². The van der Waals surface area contributed by atoms with E-state index in [2.05, 4.69) is 0 Å². The van der Waals surface area contributed by atoms with Crippen LogP contribution in [0.2, 0.25) is 0 Å². The average Bonchev–Trinajstić information content (AvgIpc) is 3.12. The van der Waals surface area contributed by atoms with Gasteiger partial charge in [0.15, 0.2) is 0 Å². The van der Waals surface area contributed by atoms with Crippen LogP contribution in [0.3, 0.4) is 0 Å². The van der Waals surface area contributed by atoms with E-state index in [4.69, 9.17) is 14.2 Å². The summed E-state index contributed by atoms with van der Waals surface area (Å²) in [5.74, 6) is 0.405. The van der Waals surface area contributed by atoms with Crippen LogP contribution in [0.25, 0.3) is 10.9 Å². The second kappa shape index (κ2) is 8.67. The second-order valence-electron chi connectivity index (χ2n) is 8.87. The van der Waals surface area contributed by atoms with Crippen molar-refractivity contribution in [1.29, 1.82) is 0 Å². The van der Waals surface area contributed by atoms with Crippen LogP contribution in [0, 0.1) is 0 Å². The highest BCUT2D eigenvalue weighted by molar-refractivity contribution is 6.13. The molecule has 1 N–H and O–H groups in total. The van der Waals surface area contributed by atoms with Gasteiger partial charge in [-0.25, -0.2) is 9.36 Å². The minimum absolute atomic E-state index is 0.0486. The summed E-state index contributed by atoms with van der Waals surface area (Å²) in [7, 11) is 0. The third-order valence-electron chi connectivity index (χ3n) is 5.18. The molecule has 0 spiro atoms. The summed E-state index contributed by atoms with van der Waals surface area (Å²) in [6.07, 6.45) is 1.13. The van der Waals surface area contributed by atoms with E-state index < -0.39 is 11.7 Å². The van der Waals surface area contributed by atoms with Crippen molar-refractivity contribution in [2.24, 2.45) is 0 Å². The predicted molar refractivity (Wildman–Crippen MR) is 120 cm³/mol. The number of ketones is 1. The summed E-state index contributed by atoms with van der Waals surface area (Å²) >= 11 is 0. The van der Waals surface area contributed by atoms with Gasteiger partial charge in [0, 0.05) is 23.8 Å². The highest BCUT2D eigenvalue weighted by Gasteiger charge is 2.26. The molecule has 0 atom stereocenters. The fourth-order valence-corrected chi connectivity index (χ4v) is 3.69. The van der Waals surface area contributed by atoms with Gasteiger partial charge in [-0.05, 0) is 69.3 Å². The molecule has 0 saturated carbocycles. The molecule has 4 rings (SSSR count). The largest absolute Gasteiger partial charge is 0.508 e. The summed E-state index contributed by atoms with van der Waals surface area (Å²) in [6.45, 7) is 6.67. The van der Waals surface area contributed by atoms with Gasteiger partial charge < -0.3 is 19.3 Å². The zero-order valence-corrected chi connectivity index (χ0v) is 18.5. The molecule has 0 aliphatic carbocycles. The molecule has 168 valence electrons. The minimum Gasteiger partial charge on any atom is -0.508 e. The maximum atomic E-state index is 13.3. The standard InChI is InChI=1S/C25H27NO6/c1-25(2,3)32-24(29)26-21-9-6-18(27)14-17(21)15-22(26)23(28)16-4-7-19(8-5-16)31-20-10-12-30-13-11-20/h4-9,14-15,20,27H,10-13H2,1-3H3. The first kappa shape index (κ1) is 21.9. The van der Waals surface area contributed by atoms with E-state index in [0.717, 1.165) is 12.8 Å². The number of phenols is 1. The number of aromatic hydroxyl groups is 1. The molecule has 3 aromatic rings. The maximum absolute atomic E-state index is 13.3. The van der Waals surface area contributed by atoms with Crippen LogP contribution in [0.15, 0.2) is 48.5 Å². The molecule has 0 amide bonds. The van der Waals surface area contributed by atoms with Crippen molar-refractivity contribution in [3.8, 4) is 11.5 Å². The van der Waals surface area contributed by atoms with Crippen molar-refractivity contribution in [3.63, 3.8) is 0 Å². The van der Waals surface area contributed by atoms with Crippen LogP contribution in [-0.2, 0) is 9.47 Å². The summed E-state index contributed by atoms with van der Waals surface area (Å²) in [6, 6.07) is 13.1. The Bertz CT molecular complexity index is 1130. The second-order valence-corrected chi connectivity index (χ2v) is 8.87. The van der Waals surface area contributed by atoms with Crippen LogP contribution in [-0.4, -0.2) is 46.5 Å². The molecule has 1 aliphatic rings. The van der Waals surface area contributed by atoms with Gasteiger partial charge in [0.05, 0.1) is 18.7 Å². The zero-order chi connectivity index (χ0) is 22.9. The lowest BCUT2D eigenvalue weighted by atomic mass is 10.1. The number of nitrogens with zero attached hydrogens (tertiary/aromatic N) is 1. The first-order valence-electron chi connectivity index (χ1n) is 10.7. The summed E-state index contributed by atoms with van der Waals surface area (Å²) in [5.41, 5.74) is 0.340. The molecule has 2 heterocycles. The normalized spacial score (nSPS) is 15.0. The molecule has 7 nitrogen and oxygen atoms in total. The van der Waals surface area contributed by atoms with Crippen molar-refractivity contribution in [2.75, 3.05) is 13.2 Å². The van der Waals surface area contributed by atoms with Gasteiger partial charge in [-0.2, -0.15) is 0 Å². The first-order valence-corrected chi connectivity index (χ1v) is 10.7. The monoisotopic (exact) mass is 437 g/mol. The number of benzene rings is 2. The molecule has 1 fully saturated rings. The SMILES string of the molecule is CC(C)(C)OC(=O)n1c(C(=O)c2ccc(OC3CCOCC3)cc2)cc2cc(O)ccc21. The third kappa shape index (κ3) is 4.78. The zero-order valence-electron chi connectivity index (χ0n) is 18.5. The van der Waals surface area contributed by atoms with Crippen LogP contribution in [0.4, 0.5) is 4.79 Å². The van der Waals surface area contributed by atoms with Crippen LogP contribution in [0.5, 0.6) is 11.5 Å². The minimum atomic E-state index is -0.728. The van der Waals surface area contributed by atoms with Crippen molar-refractivity contribution < 1.29 is 28.9 Å². The van der Waals surface area contributed by atoms with Gasteiger partial charge in [-0.3, -0.25) is 4.79 Å². The highest BCUT2D eigenvalue weighted by Crippen LogP contribution is 2.27. The predicted octanol–water partition coefficient (Wildman–Crippen LogP) is 4.92. The number of carbonyl (C=O) groups excluding carboxylic acids is 2. The molecule has 32 heavy (non-hydrogen) atoms. The molecule has 1 aromatic heterocycles. The average molecular weight is 437 g/mol. The van der Waals surface area contributed by atoms with Gasteiger partial charge in [0.1, 0.15) is 28.9 Å². The Hall–Kier alpha value is -3.32. The lowest BCUT2D eigenvalue weighted by Crippen LogP contribution is -2.28. The van der Waals surface area contributed by atoms with E-state index in [1.165, 1.54) is 16.7 Å². The van der Waals surface area contributed by atoms with Crippen molar-refractivity contribution >= 4 is 22.8 Å². The van der Waals surface area contributed by atoms with Crippen LogP contribution < -0.4 is 4.74 Å². The number of fused-ring (bicyclic) bond motifs is 1. The van der Waals surface area contributed by atoms with Gasteiger partial charge in [0.2, 0.25) is 5.78 Å². The number of hydrogen-bond donors (Lipinski definition) is 1. The van der Waals surface area contributed by atoms with Gasteiger partial charge in [-0.15, -0.1) is 0 Å². The third-order valence-corrected chi connectivity index (χ3v) is 5.18. The van der Waals surface area contributed by atoms with E-state index in [1.54, 1.807) is 57.2 Å². The van der Waals surface area contributed by atoms with Crippen LogP contribution in [0.1, 0.15) is 49.7 Å². The maximum Gasteiger partial charge on any atom is 0.419 e. The van der Waals surface area contributed by atoms with Gasteiger partial charge in [0.25, 0.3) is 0 Å². The van der Waals surface area contributed by atoms with E-state index in [-0.39, 0.29) is 23.3 Å². The number of carbonyl (C=O) groups is 2. The molecular weight excluding hydrogens is 410 g/mol. The molecule has 7 heteroatoms. The molecular formula is C25H27NO6. The number of phenolic OH excluding ortho intramolecular Hbond substituents is 1. The number of hydrogen-bond acceptors (Lipinski definition) is 6. The Morgan fingerprint density at radius 3 is 2.38 bits per heavy atom. The lowest BCUT2D eigenvalue weighted by molar-refractivity contribution is 0.0255. The Morgan fingerprint density at radius 1 is 1.03 bits per heavy atom. The summed E-state index contributed by atoms with van der Waals surface area (Å²) < 4.78 is 18.1. The van der Waals surface area contributed by atoms with Crippen molar-refractivity contribution in [1.82, 2.24) is 4.57 Å². The summed E-state index contributed by atoms with van der Waals surface area (Å²) in [4.78, 5) is 26.3. The fourth-order valence-electron chi connectivity index (χ4n) is 3.69. The molecule has 2 aromatic carbocycles. The molecule has 1 saturated heterocycles. The smallest absolute Gasteiger partial charge is 0.419 e. The number of aromatic nitrogens is 1. The Kier molecular flexibility index (Phi) is 5.93.